The number of benzene rings is 1. The minimum atomic E-state index is 0.566. The summed E-state index contributed by atoms with van der Waals surface area (Å²) in [7, 11) is 3.61. The maximum Gasteiger partial charge on any atom is 0.191 e. The normalized spacial score (nSPS) is 11.4. The van der Waals surface area contributed by atoms with Crippen molar-refractivity contribution in [3.05, 3.63) is 42.0 Å². The van der Waals surface area contributed by atoms with Crippen molar-refractivity contribution in [3.63, 3.8) is 0 Å². The van der Waals surface area contributed by atoms with Crippen LogP contribution in [0.2, 0.25) is 0 Å². The van der Waals surface area contributed by atoms with Crippen molar-refractivity contribution in [2.75, 3.05) is 13.7 Å². The van der Waals surface area contributed by atoms with Crippen molar-refractivity contribution in [3.8, 4) is 5.75 Å². The van der Waals surface area contributed by atoms with E-state index in [1.807, 2.05) is 19.2 Å². The molecule has 0 spiro atoms. The third-order valence-corrected chi connectivity index (χ3v) is 3.57. The van der Waals surface area contributed by atoms with Gasteiger partial charge in [-0.3, -0.25) is 9.67 Å². The van der Waals surface area contributed by atoms with E-state index in [1.165, 1.54) is 6.33 Å². The van der Waals surface area contributed by atoms with Crippen LogP contribution in [0.4, 0.5) is 0 Å². The molecule has 24 heavy (non-hydrogen) atoms. The number of rotatable bonds is 8. The Bertz CT molecular complexity index is 652. The van der Waals surface area contributed by atoms with Gasteiger partial charge < -0.3 is 15.4 Å². The fourth-order valence-electron chi connectivity index (χ4n) is 2.13. The van der Waals surface area contributed by atoms with Crippen LogP contribution in [0.3, 0.4) is 0 Å². The van der Waals surface area contributed by atoms with Gasteiger partial charge in [-0.25, -0.2) is 4.98 Å². The molecular weight excluding hydrogens is 304 g/mol. The Morgan fingerprint density at radius 1 is 1.29 bits per heavy atom. The van der Waals surface area contributed by atoms with Crippen molar-refractivity contribution in [1.82, 2.24) is 25.4 Å². The van der Waals surface area contributed by atoms with Crippen LogP contribution in [-0.4, -0.2) is 34.4 Å². The van der Waals surface area contributed by atoms with Crippen LogP contribution in [0.15, 0.2) is 35.6 Å². The van der Waals surface area contributed by atoms with Gasteiger partial charge in [-0.2, -0.15) is 5.10 Å². The zero-order valence-corrected chi connectivity index (χ0v) is 14.6. The first-order valence-corrected chi connectivity index (χ1v) is 8.22. The Morgan fingerprint density at radius 2 is 2.12 bits per heavy atom. The van der Waals surface area contributed by atoms with Crippen LogP contribution < -0.4 is 15.4 Å². The number of nitrogens with one attached hydrogen (secondary N) is 2. The Morgan fingerprint density at radius 3 is 2.83 bits per heavy atom. The summed E-state index contributed by atoms with van der Waals surface area (Å²) >= 11 is 0. The van der Waals surface area contributed by atoms with Crippen LogP contribution in [0.1, 0.15) is 31.2 Å². The van der Waals surface area contributed by atoms with Gasteiger partial charge >= 0.3 is 0 Å². The van der Waals surface area contributed by atoms with E-state index in [1.54, 1.807) is 11.7 Å². The second-order valence-electron chi connectivity index (χ2n) is 5.43. The molecule has 1 aromatic carbocycles. The highest BCUT2D eigenvalue weighted by Gasteiger charge is 2.03. The van der Waals surface area contributed by atoms with Gasteiger partial charge in [0.05, 0.1) is 13.2 Å². The molecule has 7 nitrogen and oxygen atoms in total. The topological polar surface area (TPSA) is 76.4 Å². The first kappa shape index (κ1) is 17.8. The predicted octanol–water partition coefficient (Wildman–Crippen LogP) is 1.86. The quantitative estimate of drug-likeness (QED) is 0.439. The molecule has 2 aromatic rings. The third-order valence-electron chi connectivity index (χ3n) is 3.57. The SMILES string of the molecule is CCCCOc1cccc(CNC(=NC)NCc2ncnn2C)c1. The van der Waals surface area contributed by atoms with Crippen molar-refractivity contribution < 1.29 is 4.74 Å². The summed E-state index contributed by atoms with van der Waals surface area (Å²) in [5, 5.41) is 10.6. The Balaban J connectivity index is 1.82. The van der Waals surface area contributed by atoms with E-state index in [0.717, 1.165) is 42.5 Å². The van der Waals surface area contributed by atoms with E-state index in [-0.39, 0.29) is 0 Å². The summed E-state index contributed by atoms with van der Waals surface area (Å²) in [6.45, 7) is 4.15. The molecule has 0 aliphatic heterocycles. The van der Waals surface area contributed by atoms with E-state index in [9.17, 15) is 0 Å². The molecule has 0 aliphatic carbocycles. The highest BCUT2D eigenvalue weighted by molar-refractivity contribution is 5.79. The number of aliphatic imine (C=N–C) groups is 1. The maximum atomic E-state index is 5.74. The number of nitrogens with zero attached hydrogens (tertiary/aromatic N) is 4. The lowest BCUT2D eigenvalue weighted by Crippen LogP contribution is -2.36. The van der Waals surface area contributed by atoms with Crippen LogP contribution >= 0.6 is 0 Å². The average Bonchev–Trinajstić information content (AvgIpc) is 3.01. The average molecular weight is 330 g/mol. The summed E-state index contributed by atoms with van der Waals surface area (Å²) in [6.07, 6.45) is 3.74. The largest absolute Gasteiger partial charge is 0.494 e. The van der Waals surface area contributed by atoms with Crippen LogP contribution in [-0.2, 0) is 20.1 Å². The van der Waals surface area contributed by atoms with Crippen LogP contribution in [0, 0.1) is 0 Å². The standard InChI is InChI=1S/C17H26N6O/c1-4-5-9-24-15-8-6-7-14(10-15)11-19-17(18-2)20-12-16-21-13-22-23(16)3/h6-8,10,13H,4-5,9,11-12H2,1-3H3,(H2,18,19,20). The molecule has 0 saturated heterocycles. The summed E-state index contributed by atoms with van der Waals surface area (Å²) < 4.78 is 7.47. The van der Waals surface area contributed by atoms with Crippen molar-refractivity contribution in [2.45, 2.75) is 32.9 Å². The van der Waals surface area contributed by atoms with Gasteiger partial charge in [-0.1, -0.05) is 25.5 Å². The first-order valence-electron chi connectivity index (χ1n) is 8.22. The number of ether oxygens (including phenoxy) is 1. The molecule has 0 amide bonds. The second-order valence-corrected chi connectivity index (χ2v) is 5.43. The lowest BCUT2D eigenvalue weighted by atomic mass is 10.2. The first-order chi connectivity index (χ1) is 11.7. The molecule has 1 heterocycles. The molecule has 0 saturated carbocycles. The Labute approximate surface area is 143 Å². The van der Waals surface area contributed by atoms with Crippen LogP contribution in [0.25, 0.3) is 0 Å². The predicted molar refractivity (Wildman–Crippen MR) is 94.9 cm³/mol. The van der Waals surface area contributed by atoms with E-state index in [0.29, 0.717) is 13.1 Å². The number of hydrogen-bond donors (Lipinski definition) is 2. The number of hydrogen-bond acceptors (Lipinski definition) is 4. The Kier molecular flexibility index (Phi) is 7.07. The molecule has 7 heteroatoms. The molecule has 2 N–H and O–H groups in total. The molecule has 0 fully saturated rings. The summed E-state index contributed by atoms with van der Waals surface area (Å²) in [5.41, 5.74) is 1.14. The van der Waals surface area contributed by atoms with Gasteiger partial charge in [0.2, 0.25) is 0 Å². The molecule has 0 atom stereocenters. The molecule has 0 unspecified atom stereocenters. The zero-order chi connectivity index (χ0) is 17.2. The molecular formula is C17H26N6O. The highest BCUT2D eigenvalue weighted by Crippen LogP contribution is 2.13. The highest BCUT2D eigenvalue weighted by atomic mass is 16.5. The van der Waals surface area contributed by atoms with E-state index >= 15 is 0 Å². The van der Waals surface area contributed by atoms with E-state index in [4.69, 9.17) is 4.74 Å². The zero-order valence-electron chi connectivity index (χ0n) is 14.6. The minimum absolute atomic E-state index is 0.566. The smallest absolute Gasteiger partial charge is 0.191 e. The molecule has 130 valence electrons. The lowest BCUT2D eigenvalue weighted by Gasteiger charge is -2.12. The fraction of sp³-hybridized carbons (Fsp3) is 0.471. The monoisotopic (exact) mass is 330 g/mol. The summed E-state index contributed by atoms with van der Waals surface area (Å²) in [4.78, 5) is 8.40. The Hall–Kier alpha value is -2.57. The summed E-state index contributed by atoms with van der Waals surface area (Å²) in [6, 6.07) is 8.11. The lowest BCUT2D eigenvalue weighted by molar-refractivity contribution is 0.309. The second kappa shape index (κ2) is 9.54. The number of aromatic nitrogens is 3. The number of guanidine groups is 1. The van der Waals surface area contributed by atoms with E-state index in [2.05, 4.69) is 44.8 Å². The molecule has 0 aliphatic rings. The fourth-order valence-corrected chi connectivity index (χ4v) is 2.13. The van der Waals surface area contributed by atoms with Crippen molar-refractivity contribution >= 4 is 5.96 Å². The van der Waals surface area contributed by atoms with Gasteiger partial charge in [-0.05, 0) is 24.1 Å². The molecule has 0 radical (unpaired) electrons. The molecule has 2 rings (SSSR count). The minimum Gasteiger partial charge on any atom is -0.494 e. The van der Waals surface area contributed by atoms with Gasteiger partial charge in [0.15, 0.2) is 5.96 Å². The van der Waals surface area contributed by atoms with Gasteiger partial charge in [0.25, 0.3) is 0 Å². The number of aryl methyl sites for hydroxylation is 1. The van der Waals surface area contributed by atoms with Gasteiger partial charge in [0.1, 0.15) is 17.9 Å². The number of unbranched alkanes of at least 4 members (excludes halogenated alkanes) is 1. The molecule has 0 bridgehead atoms. The van der Waals surface area contributed by atoms with Crippen molar-refractivity contribution in [2.24, 2.45) is 12.0 Å². The van der Waals surface area contributed by atoms with Crippen LogP contribution in [0.5, 0.6) is 5.75 Å². The van der Waals surface area contributed by atoms with Crippen molar-refractivity contribution in [1.29, 1.82) is 0 Å². The molecule has 1 aromatic heterocycles. The van der Waals surface area contributed by atoms with Gasteiger partial charge in [0, 0.05) is 20.6 Å². The summed E-state index contributed by atoms with van der Waals surface area (Å²) in [5.74, 6) is 2.48. The van der Waals surface area contributed by atoms with E-state index < -0.39 is 0 Å². The third kappa shape index (κ3) is 5.57. The maximum absolute atomic E-state index is 5.74. The van der Waals surface area contributed by atoms with Gasteiger partial charge in [-0.15, -0.1) is 0 Å².